The number of para-hydroxylation sites is 1. The lowest BCUT2D eigenvalue weighted by Gasteiger charge is -2.12. The Kier molecular flexibility index (Phi) is 3.37. The van der Waals surface area contributed by atoms with Crippen molar-refractivity contribution in [3.8, 4) is 16.8 Å². The fraction of sp³-hybridized carbons (Fsp3) is 0.0714. The maximum Gasteiger partial charge on any atom is 0.143 e. The van der Waals surface area contributed by atoms with E-state index >= 15 is 0 Å². The third-order valence-electron chi connectivity index (χ3n) is 2.93. The van der Waals surface area contributed by atoms with Crippen LogP contribution in [0.1, 0.15) is 5.56 Å². The first-order valence-corrected chi connectivity index (χ1v) is 6.99. The zero-order valence-corrected chi connectivity index (χ0v) is 11.7. The van der Waals surface area contributed by atoms with Crippen LogP contribution in [0.15, 0.2) is 54.9 Å². The van der Waals surface area contributed by atoms with E-state index in [0.717, 1.165) is 27.7 Å². The van der Waals surface area contributed by atoms with Crippen molar-refractivity contribution in [1.29, 1.82) is 0 Å². The van der Waals surface area contributed by atoms with Gasteiger partial charge in [-0.25, -0.2) is 0 Å². The summed E-state index contributed by atoms with van der Waals surface area (Å²) in [4.78, 5) is 0. The monoisotopic (exact) mass is 314 g/mol. The average molecular weight is 315 g/mol. The van der Waals surface area contributed by atoms with Gasteiger partial charge in [-0.2, -0.15) is 4.68 Å². The lowest BCUT2D eigenvalue weighted by Crippen LogP contribution is -2.02. The third-order valence-corrected chi connectivity index (χ3v) is 3.53. The van der Waals surface area contributed by atoms with Gasteiger partial charge in [0.1, 0.15) is 6.33 Å². The van der Waals surface area contributed by atoms with E-state index in [0.29, 0.717) is 0 Å². The van der Waals surface area contributed by atoms with E-state index in [9.17, 15) is 0 Å². The maximum absolute atomic E-state index is 4.02. The molecule has 0 unspecified atom stereocenters. The molecular formula is C14H11BrN4. The number of tetrazole rings is 1. The summed E-state index contributed by atoms with van der Waals surface area (Å²) < 4.78 is 1.71. The van der Waals surface area contributed by atoms with E-state index in [-0.39, 0.29) is 0 Å². The van der Waals surface area contributed by atoms with Gasteiger partial charge in [0.15, 0.2) is 0 Å². The molecule has 5 heteroatoms. The van der Waals surface area contributed by atoms with E-state index in [1.165, 1.54) is 0 Å². The Morgan fingerprint density at radius 3 is 2.53 bits per heavy atom. The number of alkyl halides is 1. The minimum atomic E-state index is 0.753. The van der Waals surface area contributed by atoms with Gasteiger partial charge in [0, 0.05) is 10.9 Å². The van der Waals surface area contributed by atoms with Crippen LogP contribution in [0.25, 0.3) is 16.8 Å². The number of aromatic nitrogens is 4. The Balaban J connectivity index is 2.25. The lowest BCUT2D eigenvalue weighted by atomic mass is 10.0. The maximum atomic E-state index is 4.02. The first-order valence-electron chi connectivity index (χ1n) is 5.87. The second-order valence-corrected chi connectivity index (χ2v) is 4.63. The van der Waals surface area contributed by atoms with Crippen molar-refractivity contribution in [3.05, 3.63) is 60.4 Å². The van der Waals surface area contributed by atoms with Gasteiger partial charge in [0.05, 0.1) is 5.69 Å². The summed E-state index contributed by atoms with van der Waals surface area (Å²) in [5.74, 6) is 0. The van der Waals surface area contributed by atoms with E-state index in [1.807, 2.05) is 24.3 Å². The second-order valence-electron chi connectivity index (χ2n) is 4.07. The number of rotatable bonds is 3. The minimum absolute atomic E-state index is 0.753. The van der Waals surface area contributed by atoms with E-state index in [4.69, 9.17) is 0 Å². The van der Waals surface area contributed by atoms with Crippen LogP contribution in [-0.2, 0) is 5.33 Å². The third kappa shape index (κ3) is 2.29. The minimum Gasteiger partial charge on any atom is -0.200 e. The van der Waals surface area contributed by atoms with Crippen molar-refractivity contribution >= 4 is 15.9 Å². The smallest absolute Gasteiger partial charge is 0.143 e. The summed E-state index contributed by atoms with van der Waals surface area (Å²) in [5.41, 5.74) is 4.42. The van der Waals surface area contributed by atoms with Crippen molar-refractivity contribution in [1.82, 2.24) is 20.2 Å². The molecule has 1 aromatic heterocycles. The topological polar surface area (TPSA) is 43.6 Å². The van der Waals surface area contributed by atoms with Crippen molar-refractivity contribution in [3.63, 3.8) is 0 Å². The molecule has 0 radical (unpaired) electrons. The molecule has 94 valence electrons. The van der Waals surface area contributed by atoms with Crippen LogP contribution in [0.3, 0.4) is 0 Å². The van der Waals surface area contributed by atoms with Gasteiger partial charge in [-0.3, -0.25) is 0 Å². The van der Waals surface area contributed by atoms with Crippen molar-refractivity contribution < 1.29 is 0 Å². The Morgan fingerprint density at radius 1 is 1.00 bits per heavy atom. The summed E-state index contributed by atoms with van der Waals surface area (Å²) in [6, 6.07) is 16.4. The first-order chi connectivity index (χ1) is 9.40. The molecule has 3 aromatic rings. The average Bonchev–Trinajstić information content (AvgIpc) is 3.01. The Labute approximate surface area is 119 Å². The normalized spacial score (nSPS) is 10.6. The highest BCUT2D eigenvalue weighted by atomic mass is 79.9. The molecule has 19 heavy (non-hydrogen) atoms. The predicted octanol–water partition coefficient (Wildman–Crippen LogP) is 3.22. The van der Waals surface area contributed by atoms with Gasteiger partial charge < -0.3 is 0 Å². The van der Waals surface area contributed by atoms with Crippen LogP contribution in [0.4, 0.5) is 0 Å². The van der Waals surface area contributed by atoms with Gasteiger partial charge in [0.2, 0.25) is 0 Å². The summed E-state index contributed by atoms with van der Waals surface area (Å²) in [6.07, 6.45) is 1.62. The van der Waals surface area contributed by atoms with Crippen molar-refractivity contribution in [2.24, 2.45) is 0 Å². The quantitative estimate of drug-likeness (QED) is 0.697. The van der Waals surface area contributed by atoms with Crippen LogP contribution in [-0.4, -0.2) is 20.2 Å². The van der Waals surface area contributed by atoms with Crippen molar-refractivity contribution in [2.45, 2.75) is 5.33 Å². The molecule has 1 heterocycles. The van der Waals surface area contributed by atoms with E-state index in [2.05, 4.69) is 55.7 Å². The van der Waals surface area contributed by atoms with Crippen molar-refractivity contribution in [2.75, 3.05) is 0 Å². The summed E-state index contributed by atoms with van der Waals surface area (Å²) in [7, 11) is 0. The molecule has 0 atom stereocenters. The molecule has 0 aliphatic heterocycles. The molecule has 0 aliphatic carbocycles. The van der Waals surface area contributed by atoms with E-state index < -0.39 is 0 Å². The Bertz CT molecular complexity index is 665. The fourth-order valence-electron chi connectivity index (χ4n) is 2.08. The number of hydrogen-bond acceptors (Lipinski definition) is 3. The molecule has 0 fully saturated rings. The van der Waals surface area contributed by atoms with Gasteiger partial charge in [0.25, 0.3) is 0 Å². The number of benzene rings is 2. The molecule has 0 N–H and O–H groups in total. The lowest BCUT2D eigenvalue weighted by molar-refractivity contribution is 0.786. The highest BCUT2D eigenvalue weighted by molar-refractivity contribution is 9.08. The number of halogens is 1. The molecule has 4 nitrogen and oxygen atoms in total. The molecule has 0 spiro atoms. The molecule has 0 saturated carbocycles. The number of hydrogen-bond donors (Lipinski definition) is 0. The molecule has 0 bridgehead atoms. The van der Waals surface area contributed by atoms with Gasteiger partial charge >= 0.3 is 0 Å². The van der Waals surface area contributed by atoms with Crippen LogP contribution in [0, 0.1) is 0 Å². The molecular weight excluding hydrogens is 304 g/mol. The first kappa shape index (κ1) is 12.0. The summed E-state index contributed by atoms with van der Waals surface area (Å²) >= 11 is 3.52. The standard InChI is InChI=1S/C14H11BrN4/c15-9-12-7-4-8-13(11-5-2-1-3-6-11)14(12)19-10-16-17-18-19/h1-8,10H,9H2. The van der Waals surface area contributed by atoms with Crippen LogP contribution in [0.5, 0.6) is 0 Å². The molecule has 2 aromatic carbocycles. The summed E-state index contributed by atoms with van der Waals surface area (Å²) in [6.45, 7) is 0. The van der Waals surface area contributed by atoms with E-state index in [1.54, 1.807) is 11.0 Å². The molecule has 0 saturated heterocycles. The molecule has 0 aliphatic rings. The summed E-state index contributed by atoms with van der Waals surface area (Å²) in [5, 5.41) is 12.2. The van der Waals surface area contributed by atoms with Gasteiger partial charge in [-0.05, 0) is 21.6 Å². The number of nitrogens with zero attached hydrogens (tertiary/aromatic N) is 4. The fourth-order valence-corrected chi connectivity index (χ4v) is 2.54. The van der Waals surface area contributed by atoms with Gasteiger partial charge in [-0.15, -0.1) is 5.10 Å². The second kappa shape index (κ2) is 5.32. The zero-order chi connectivity index (χ0) is 13.1. The van der Waals surface area contributed by atoms with Crippen LogP contribution in [0.2, 0.25) is 0 Å². The Hall–Kier alpha value is -2.01. The SMILES string of the molecule is BrCc1cccc(-c2ccccc2)c1-n1cnnn1. The molecule has 3 rings (SSSR count). The largest absolute Gasteiger partial charge is 0.200 e. The van der Waals surface area contributed by atoms with Crippen LogP contribution >= 0.6 is 15.9 Å². The highest BCUT2D eigenvalue weighted by Gasteiger charge is 2.12. The molecule has 0 amide bonds. The van der Waals surface area contributed by atoms with Crippen LogP contribution < -0.4 is 0 Å². The predicted molar refractivity (Wildman–Crippen MR) is 77.2 cm³/mol. The van der Waals surface area contributed by atoms with Gasteiger partial charge in [-0.1, -0.05) is 64.5 Å². The zero-order valence-electron chi connectivity index (χ0n) is 10.1. The Morgan fingerprint density at radius 2 is 1.84 bits per heavy atom. The highest BCUT2D eigenvalue weighted by Crippen LogP contribution is 2.29.